The van der Waals surface area contributed by atoms with Crippen molar-refractivity contribution in [2.24, 2.45) is 0 Å². The van der Waals surface area contributed by atoms with Crippen LogP contribution in [0.15, 0.2) is 42.5 Å². The van der Waals surface area contributed by atoms with Crippen LogP contribution in [-0.4, -0.2) is 16.5 Å². The fourth-order valence-electron chi connectivity index (χ4n) is 2.28. The van der Waals surface area contributed by atoms with Gasteiger partial charge < -0.3 is 10.3 Å². The second-order valence-electron chi connectivity index (χ2n) is 5.08. The number of rotatable bonds is 4. The summed E-state index contributed by atoms with van der Waals surface area (Å²) in [5.74, 6) is 0.931. The molecule has 0 aliphatic rings. The van der Waals surface area contributed by atoms with E-state index in [1.165, 1.54) is 11.1 Å². The highest BCUT2D eigenvalue weighted by Gasteiger charge is 2.05. The molecule has 3 rings (SSSR count). The molecule has 102 valence electrons. The van der Waals surface area contributed by atoms with E-state index in [0.29, 0.717) is 0 Å². The second kappa shape index (κ2) is 5.47. The molecule has 3 heteroatoms. The van der Waals surface area contributed by atoms with Crippen molar-refractivity contribution in [3.63, 3.8) is 0 Å². The van der Waals surface area contributed by atoms with Crippen LogP contribution in [-0.2, 0) is 6.54 Å². The predicted molar refractivity (Wildman–Crippen MR) is 83.6 cm³/mol. The molecule has 2 aromatic carbocycles. The van der Waals surface area contributed by atoms with Crippen LogP contribution < -0.4 is 5.32 Å². The highest BCUT2D eigenvalue weighted by molar-refractivity contribution is 5.80. The molecule has 0 amide bonds. The Bertz CT molecular complexity index is 711. The molecule has 0 unspecified atom stereocenters. The quantitative estimate of drug-likeness (QED) is 0.756. The molecule has 0 spiro atoms. The van der Waals surface area contributed by atoms with Gasteiger partial charge >= 0.3 is 0 Å². The van der Waals surface area contributed by atoms with Gasteiger partial charge in [0.2, 0.25) is 0 Å². The highest BCUT2D eigenvalue weighted by atomic mass is 14.9. The van der Waals surface area contributed by atoms with Crippen molar-refractivity contribution >= 4 is 11.0 Å². The molecule has 0 aliphatic heterocycles. The smallest absolute Gasteiger partial charge is 0.138 e. The lowest BCUT2D eigenvalue weighted by Gasteiger charge is -2.01. The SMILES string of the molecule is CCNCc1ccc2nc(-c3ccc(C)cc3)[nH]c2c1. The topological polar surface area (TPSA) is 40.7 Å². The van der Waals surface area contributed by atoms with Crippen LogP contribution in [0.1, 0.15) is 18.1 Å². The maximum absolute atomic E-state index is 4.66. The van der Waals surface area contributed by atoms with Crippen LogP contribution in [0.2, 0.25) is 0 Å². The van der Waals surface area contributed by atoms with E-state index in [1.807, 2.05) is 0 Å². The average molecular weight is 265 g/mol. The number of nitrogens with one attached hydrogen (secondary N) is 2. The van der Waals surface area contributed by atoms with Crippen molar-refractivity contribution in [3.05, 3.63) is 53.6 Å². The Labute approximate surface area is 119 Å². The maximum Gasteiger partial charge on any atom is 0.138 e. The minimum atomic E-state index is 0.894. The molecule has 1 aromatic heterocycles. The van der Waals surface area contributed by atoms with E-state index in [1.54, 1.807) is 0 Å². The lowest BCUT2D eigenvalue weighted by molar-refractivity contribution is 0.727. The first-order valence-electron chi connectivity index (χ1n) is 7.02. The van der Waals surface area contributed by atoms with Gasteiger partial charge in [0, 0.05) is 12.1 Å². The fraction of sp³-hybridized carbons (Fsp3) is 0.235. The molecular formula is C17H19N3. The molecule has 0 saturated heterocycles. The number of aromatic amines is 1. The van der Waals surface area contributed by atoms with Gasteiger partial charge in [0.05, 0.1) is 11.0 Å². The lowest BCUT2D eigenvalue weighted by Crippen LogP contribution is -2.11. The highest BCUT2D eigenvalue weighted by Crippen LogP contribution is 2.21. The molecule has 1 heterocycles. The van der Waals surface area contributed by atoms with E-state index in [4.69, 9.17) is 0 Å². The summed E-state index contributed by atoms with van der Waals surface area (Å²) in [4.78, 5) is 8.07. The van der Waals surface area contributed by atoms with Crippen molar-refractivity contribution in [1.82, 2.24) is 15.3 Å². The number of hydrogen-bond acceptors (Lipinski definition) is 2. The second-order valence-corrected chi connectivity index (χ2v) is 5.08. The van der Waals surface area contributed by atoms with E-state index in [2.05, 4.69) is 71.6 Å². The number of benzene rings is 2. The van der Waals surface area contributed by atoms with Crippen molar-refractivity contribution in [2.45, 2.75) is 20.4 Å². The van der Waals surface area contributed by atoms with Crippen molar-refractivity contribution in [1.29, 1.82) is 0 Å². The number of aromatic nitrogens is 2. The molecule has 0 bridgehead atoms. The van der Waals surface area contributed by atoms with Crippen LogP contribution >= 0.6 is 0 Å². The lowest BCUT2D eigenvalue weighted by atomic mass is 10.1. The summed E-state index contributed by atoms with van der Waals surface area (Å²) in [7, 11) is 0. The van der Waals surface area contributed by atoms with Gasteiger partial charge in [-0.25, -0.2) is 4.98 Å². The number of imidazole rings is 1. The summed E-state index contributed by atoms with van der Waals surface area (Å²) in [6, 6.07) is 14.8. The summed E-state index contributed by atoms with van der Waals surface area (Å²) in [5.41, 5.74) is 5.77. The monoisotopic (exact) mass is 265 g/mol. The first-order chi connectivity index (χ1) is 9.76. The van der Waals surface area contributed by atoms with E-state index in [9.17, 15) is 0 Å². The number of H-pyrrole nitrogens is 1. The van der Waals surface area contributed by atoms with E-state index in [0.717, 1.165) is 35.5 Å². The molecular weight excluding hydrogens is 246 g/mol. The van der Waals surface area contributed by atoms with Crippen LogP contribution in [0, 0.1) is 6.92 Å². The summed E-state index contributed by atoms with van der Waals surface area (Å²) < 4.78 is 0. The Hall–Kier alpha value is -2.13. The van der Waals surface area contributed by atoms with Crippen molar-refractivity contribution in [2.75, 3.05) is 6.54 Å². The Morgan fingerprint density at radius 1 is 1.10 bits per heavy atom. The fourth-order valence-corrected chi connectivity index (χ4v) is 2.28. The zero-order chi connectivity index (χ0) is 13.9. The van der Waals surface area contributed by atoms with Gasteiger partial charge in [0.25, 0.3) is 0 Å². The first-order valence-corrected chi connectivity index (χ1v) is 7.02. The summed E-state index contributed by atoms with van der Waals surface area (Å²) >= 11 is 0. The molecule has 2 N–H and O–H groups in total. The summed E-state index contributed by atoms with van der Waals surface area (Å²) in [6.07, 6.45) is 0. The van der Waals surface area contributed by atoms with Crippen LogP contribution in [0.25, 0.3) is 22.4 Å². The first kappa shape index (κ1) is 12.9. The molecule has 3 aromatic rings. The molecule has 0 atom stereocenters. The number of aryl methyl sites for hydroxylation is 1. The number of hydrogen-bond donors (Lipinski definition) is 2. The van der Waals surface area contributed by atoms with Crippen LogP contribution in [0.3, 0.4) is 0 Å². The normalized spacial score (nSPS) is 11.1. The summed E-state index contributed by atoms with van der Waals surface area (Å²) in [5, 5.41) is 3.34. The van der Waals surface area contributed by atoms with Gasteiger partial charge in [-0.1, -0.05) is 42.8 Å². The molecule has 20 heavy (non-hydrogen) atoms. The minimum absolute atomic E-state index is 0.894. The number of fused-ring (bicyclic) bond motifs is 1. The van der Waals surface area contributed by atoms with E-state index < -0.39 is 0 Å². The third-order valence-corrected chi connectivity index (χ3v) is 3.45. The zero-order valence-corrected chi connectivity index (χ0v) is 11.9. The van der Waals surface area contributed by atoms with E-state index in [-0.39, 0.29) is 0 Å². The van der Waals surface area contributed by atoms with Gasteiger partial charge in [0.15, 0.2) is 0 Å². The Morgan fingerprint density at radius 2 is 1.90 bits per heavy atom. The van der Waals surface area contributed by atoms with Crippen molar-refractivity contribution < 1.29 is 0 Å². The number of nitrogens with zero attached hydrogens (tertiary/aromatic N) is 1. The van der Waals surface area contributed by atoms with Crippen molar-refractivity contribution in [3.8, 4) is 11.4 Å². The zero-order valence-electron chi connectivity index (χ0n) is 11.9. The van der Waals surface area contributed by atoms with Gasteiger partial charge in [-0.05, 0) is 31.2 Å². The molecule has 0 fully saturated rings. The molecule has 3 nitrogen and oxygen atoms in total. The molecule has 0 radical (unpaired) electrons. The minimum Gasteiger partial charge on any atom is -0.338 e. The Balaban J connectivity index is 1.95. The molecule has 0 aliphatic carbocycles. The predicted octanol–water partition coefficient (Wildman–Crippen LogP) is 3.65. The van der Waals surface area contributed by atoms with Gasteiger partial charge in [-0.3, -0.25) is 0 Å². The van der Waals surface area contributed by atoms with E-state index >= 15 is 0 Å². The average Bonchev–Trinajstić information content (AvgIpc) is 2.89. The van der Waals surface area contributed by atoms with Gasteiger partial charge in [-0.2, -0.15) is 0 Å². The third-order valence-electron chi connectivity index (χ3n) is 3.45. The maximum atomic E-state index is 4.66. The van der Waals surface area contributed by atoms with Gasteiger partial charge in [0.1, 0.15) is 5.82 Å². The van der Waals surface area contributed by atoms with Crippen LogP contribution in [0.4, 0.5) is 0 Å². The van der Waals surface area contributed by atoms with Gasteiger partial charge in [-0.15, -0.1) is 0 Å². The van der Waals surface area contributed by atoms with Crippen LogP contribution in [0.5, 0.6) is 0 Å². The standard InChI is InChI=1S/C17H19N3/c1-3-18-11-13-6-9-15-16(10-13)20-17(19-15)14-7-4-12(2)5-8-14/h4-10,18H,3,11H2,1-2H3,(H,19,20). The largest absolute Gasteiger partial charge is 0.338 e. The Kier molecular flexibility index (Phi) is 3.52. The summed E-state index contributed by atoms with van der Waals surface area (Å²) in [6.45, 7) is 6.08. The molecule has 0 saturated carbocycles. The third kappa shape index (κ3) is 2.58. The Morgan fingerprint density at radius 3 is 2.65 bits per heavy atom.